The third-order valence-corrected chi connectivity index (χ3v) is 9.39. The Hall–Kier alpha value is -0.273. The zero-order chi connectivity index (χ0) is 13.4. The summed E-state index contributed by atoms with van der Waals surface area (Å²) in [6, 6.07) is 10.9. The normalized spacial score (nSPS) is 13.6. The largest absolute Gasteiger partial charge is 0.126 e. The summed E-state index contributed by atoms with van der Waals surface area (Å²) in [6.45, 7) is 7.05. The van der Waals surface area contributed by atoms with E-state index in [0.717, 1.165) is 0 Å². The standard InChI is InChI=1S/C16H27ClSi/c1-4-5-6-7-11-14-16(17)18(2,3)15-12-9-8-10-13-15/h8-10,12-13,16H,4-7,11,14H2,1-3H3. The number of hydrogen-bond donors (Lipinski definition) is 0. The van der Waals surface area contributed by atoms with Gasteiger partial charge in [-0.2, -0.15) is 0 Å². The lowest BCUT2D eigenvalue weighted by Crippen LogP contribution is -2.50. The number of rotatable bonds is 8. The van der Waals surface area contributed by atoms with Gasteiger partial charge in [0.25, 0.3) is 0 Å². The topological polar surface area (TPSA) is 0 Å². The predicted molar refractivity (Wildman–Crippen MR) is 86.6 cm³/mol. The fourth-order valence-corrected chi connectivity index (χ4v) is 5.21. The quantitative estimate of drug-likeness (QED) is 0.353. The Labute approximate surface area is 119 Å². The summed E-state index contributed by atoms with van der Waals surface area (Å²) in [5, 5.41) is 1.85. The number of alkyl halides is 1. The summed E-state index contributed by atoms with van der Waals surface area (Å²) >= 11 is 6.68. The zero-order valence-corrected chi connectivity index (χ0v) is 13.8. The van der Waals surface area contributed by atoms with E-state index < -0.39 is 8.07 Å². The van der Waals surface area contributed by atoms with Gasteiger partial charge in [-0.1, -0.05) is 87.6 Å². The van der Waals surface area contributed by atoms with E-state index in [4.69, 9.17) is 11.6 Å². The van der Waals surface area contributed by atoms with Crippen LogP contribution >= 0.6 is 11.6 Å². The smallest absolute Gasteiger partial charge is 0.0997 e. The Morgan fingerprint density at radius 3 is 2.22 bits per heavy atom. The Bertz CT molecular complexity index is 321. The molecule has 1 unspecified atom stereocenters. The molecule has 1 rings (SSSR count). The second kappa shape index (κ2) is 8.01. The first-order valence-electron chi connectivity index (χ1n) is 7.28. The third-order valence-electron chi connectivity index (χ3n) is 3.86. The van der Waals surface area contributed by atoms with Crippen LogP contribution in [0, 0.1) is 0 Å². The molecule has 0 aliphatic rings. The number of hydrogen-bond acceptors (Lipinski definition) is 0. The molecule has 0 bridgehead atoms. The SMILES string of the molecule is CCCCCCCC(Cl)[Si](C)(C)c1ccccc1. The van der Waals surface area contributed by atoms with Gasteiger partial charge in [0, 0.05) is 5.00 Å². The van der Waals surface area contributed by atoms with Gasteiger partial charge in [-0.15, -0.1) is 11.6 Å². The van der Waals surface area contributed by atoms with Crippen LogP contribution in [0.2, 0.25) is 13.1 Å². The highest BCUT2D eigenvalue weighted by molar-refractivity contribution is 6.95. The molecule has 0 aliphatic heterocycles. The predicted octanol–water partition coefficient (Wildman–Crippen LogP) is 5.11. The van der Waals surface area contributed by atoms with Gasteiger partial charge >= 0.3 is 0 Å². The van der Waals surface area contributed by atoms with E-state index in [9.17, 15) is 0 Å². The van der Waals surface area contributed by atoms with E-state index in [2.05, 4.69) is 50.3 Å². The summed E-state index contributed by atoms with van der Waals surface area (Å²) in [5.74, 6) is 0. The van der Waals surface area contributed by atoms with Crippen LogP contribution in [0.1, 0.15) is 45.4 Å². The van der Waals surface area contributed by atoms with Crippen molar-refractivity contribution in [1.29, 1.82) is 0 Å². The van der Waals surface area contributed by atoms with Crippen LogP contribution in [0.3, 0.4) is 0 Å². The molecule has 1 aromatic rings. The molecule has 0 N–H and O–H groups in total. The number of unbranched alkanes of at least 4 members (excludes halogenated alkanes) is 4. The van der Waals surface area contributed by atoms with Crippen LogP contribution in [-0.4, -0.2) is 13.1 Å². The van der Waals surface area contributed by atoms with Crippen LogP contribution < -0.4 is 5.19 Å². The number of benzene rings is 1. The molecule has 1 aromatic carbocycles. The molecule has 0 aliphatic carbocycles. The molecular weight excluding hydrogens is 256 g/mol. The zero-order valence-electron chi connectivity index (χ0n) is 12.1. The van der Waals surface area contributed by atoms with Gasteiger partial charge in [0.2, 0.25) is 0 Å². The van der Waals surface area contributed by atoms with Crippen molar-refractivity contribution in [3.05, 3.63) is 30.3 Å². The molecule has 0 heterocycles. The molecule has 1 atom stereocenters. The molecule has 102 valence electrons. The Kier molecular flexibility index (Phi) is 7.02. The van der Waals surface area contributed by atoms with Gasteiger partial charge in [0.05, 0.1) is 8.07 Å². The fourth-order valence-electron chi connectivity index (χ4n) is 2.34. The number of halogens is 1. The monoisotopic (exact) mass is 282 g/mol. The van der Waals surface area contributed by atoms with Crippen molar-refractivity contribution in [1.82, 2.24) is 0 Å². The van der Waals surface area contributed by atoms with E-state index in [1.807, 2.05) is 0 Å². The van der Waals surface area contributed by atoms with Crippen LogP contribution in [0.4, 0.5) is 0 Å². The molecule has 2 heteroatoms. The van der Waals surface area contributed by atoms with E-state index in [1.54, 1.807) is 0 Å². The van der Waals surface area contributed by atoms with E-state index in [1.165, 1.54) is 43.7 Å². The summed E-state index contributed by atoms with van der Waals surface area (Å²) < 4.78 is 0. The molecular formula is C16H27ClSi. The van der Waals surface area contributed by atoms with E-state index in [-0.39, 0.29) is 0 Å². The molecule has 0 spiro atoms. The molecule has 0 nitrogen and oxygen atoms in total. The van der Waals surface area contributed by atoms with Gasteiger partial charge in [-0.25, -0.2) is 0 Å². The maximum atomic E-state index is 6.68. The molecule has 0 saturated carbocycles. The minimum Gasteiger partial charge on any atom is -0.126 e. The second-order valence-electron chi connectivity index (χ2n) is 5.76. The van der Waals surface area contributed by atoms with Crippen molar-refractivity contribution < 1.29 is 0 Å². The maximum Gasteiger partial charge on any atom is 0.0997 e. The summed E-state index contributed by atoms with van der Waals surface area (Å²) in [6.07, 6.45) is 7.86. The third kappa shape index (κ3) is 4.77. The van der Waals surface area contributed by atoms with Crippen LogP contribution in [0.5, 0.6) is 0 Å². The van der Waals surface area contributed by atoms with Gasteiger partial charge in [-0.05, 0) is 6.42 Å². The molecule has 0 amide bonds. The van der Waals surface area contributed by atoms with Crippen molar-refractivity contribution >= 4 is 24.9 Å². The van der Waals surface area contributed by atoms with Gasteiger partial charge < -0.3 is 0 Å². The average molecular weight is 283 g/mol. The van der Waals surface area contributed by atoms with Gasteiger partial charge in [0.15, 0.2) is 0 Å². The fraction of sp³-hybridized carbons (Fsp3) is 0.625. The highest BCUT2D eigenvalue weighted by Gasteiger charge is 2.31. The lowest BCUT2D eigenvalue weighted by Gasteiger charge is -2.28. The Morgan fingerprint density at radius 2 is 1.61 bits per heavy atom. The minimum atomic E-state index is -1.49. The Morgan fingerprint density at radius 1 is 1.00 bits per heavy atom. The molecule has 0 radical (unpaired) electrons. The second-order valence-corrected chi connectivity index (χ2v) is 11.4. The Balaban J connectivity index is 2.42. The first-order chi connectivity index (χ1) is 8.59. The van der Waals surface area contributed by atoms with Crippen LogP contribution in [0.15, 0.2) is 30.3 Å². The van der Waals surface area contributed by atoms with Gasteiger partial charge in [0.1, 0.15) is 0 Å². The van der Waals surface area contributed by atoms with Crippen LogP contribution in [0.25, 0.3) is 0 Å². The van der Waals surface area contributed by atoms with Crippen molar-refractivity contribution in [2.45, 2.75) is 63.5 Å². The first-order valence-corrected chi connectivity index (χ1v) is 10.8. The van der Waals surface area contributed by atoms with Crippen LogP contribution in [-0.2, 0) is 0 Å². The van der Waals surface area contributed by atoms with E-state index in [0.29, 0.717) is 5.00 Å². The molecule has 0 aromatic heterocycles. The molecule has 0 saturated heterocycles. The maximum absolute atomic E-state index is 6.68. The lowest BCUT2D eigenvalue weighted by molar-refractivity contribution is 0.617. The summed E-state index contributed by atoms with van der Waals surface area (Å²) in [7, 11) is -1.49. The summed E-state index contributed by atoms with van der Waals surface area (Å²) in [4.78, 5) is 0. The lowest BCUT2D eigenvalue weighted by atomic mass is 10.1. The van der Waals surface area contributed by atoms with Gasteiger partial charge in [-0.3, -0.25) is 0 Å². The minimum absolute atomic E-state index is 0.363. The average Bonchev–Trinajstić information content (AvgIpc) is 2.39. The highest BCUT2D eigenvalue weighted by atomic mass is 35.5. The molecule has 0 fully saturated rings. The van der Waals surface area contributed by atoms with Crippen molar-refractivity contribution in [2.75, 3.05) is 0 Å². The summed E-state index contributed by atoms with van der Waals surface area (Å²) in [5.41, 5.74) is 0. The molecule has 18 heavy (non-hydrogen) atoms. The van der Waals surface area contributed by atoms with Crippen molar-refractivity contribution in [3.63, 3.8) is 0 Å². The highest BCUT2D eigenvalue weighted by Crippen LogP contribution is 2.21. The first kappa shape index (κ1) is 15.8. The van der Waals surface area contributed by atoms with Crippen molar-refractivity contribution in [2.24, 2.45) is 0 Å². The van der Waals surface area contributed by atoms with Crippen molar-refractivity contribution in [3.8, 4) is 0 Å². The van der Waals surface area contributed by atoms with E-state index >= 15 is 0 Å².